The molecule has 5 heteroatoms. The Morgan fingerprint density at radius 2 is 1.81 bits per heavy atom. The number of hydrogen-bond acceptors (Lipinski definition) is 3. The molecule has 1 unspecified atom stereocenters. The van der Waals surface area contributed by atoms with Crippen molar-refractivity contribution < 1.29 is 4.79 Å². The summed E-state index contributed by atoms with van der Waals surface area (Å²) in [5.74, 6) is 0.00489. The molecule has 140 valence electrons. The number of nitrogens with one attached hydrogen (secondary N) is 1. The molecule has 3 aromatic rings. The van der Waals surface area contributed by atoms with E-state index in [0.717, 1.165) is 17.5 Å². The average molecular weight is 362 g/mol. The van der Waals surface area contributed by atoms with Crippen molar-refractivity contribution in [3.05, 3.63) is 83.9 Å². The van der Waals surface area contributed by atoms with Gasteiger partial charge < -0.3 is 5.32 Å². The lowest BCUT2D eigenvalue weighted by molar-refractivity contribution is -0.121. The number of unbranched alkanes of at least 4 members (excludes halogenated alkanes) is 1. The molecule has 0 saturated carbocycles. The number of carbonyl (C=O) groups is 1. The van der Waals surface area contributed by atoms with E-state index in [1.165, 1.54) is 24.7 Å². The van der Waals surface area contributed by atoms with Crippen molar-refractivity contribution in [2.45, 2.75) is 45.2 Å². The zero-order valence-electron chi connectivity index (χ0n) is 15.7. The molecule has 1 amide bonds. The lowest BCUT2D eigenvalue weighted by atomic mass is 10.0. The summed E-state index contributed by atoms with van der Waals surface area (Å²) in [7, 11) is 0. The van der Waals surface area contributed by atoms with Gasteiger partial charge in [-0.25, -0.2) is 4.98 Å². The molecule has 0 saturated heterocycles. The Hall–Kier alpha value is -2.95. The van der Waals surface area contributed by atoms with E-state index in [9.17, 15) is 4.79 Å². The first-order chi connectivity index (χ1) is 13.2. The number of carbonyl (C=O) groups excluding carboxylic acids is 1. The topological polar surface area (TPSA) is 59.8 Å². The number of hydrogen-bond donors (Lipinski definition) is 1. The lowest BCUT2D eigenvalue weighted by Gasteiger charge is -2.19. The largest absolute Gasteiger partial charge is 0.347 e. The Kier molecular flexibility index (Phi) is 6.74. The van der Waals surface area contributed by atoms with Gasteiger partial charge in [-0.1, -0.05) is 67.9 Å². The van der Waals surface area contributed by atoms with E-state index in [-0.39, 0.29) is 11.9 Å². The third-order valence-electron chi connectivity index (χ3n) is 4.58. The number of amides is 1. The molecular formula is C22H26N4O. The lowest BCUT2D eigenvalue weighted by Crippen LogP contribution is -2.32. The van der Waals surface area contributed by atoms with Crippen LogP contribution in [-0.2, 0) is 24.2 Å². The van der Waals surface area contributed by atoms with Crippen molar-refractivity contribution in [3.8, 4) is 0 Å². The minimum atomic E-state index is -0.149. The van der Waals surface area contributed by atoms with Crippen LogP contribution in [0.15, 0.2) is 67.3 Å². The van der Waals surface area contributed by atoms with Crippen LogP contribution >= 0.6 is 0 Å². The Balaban J connectivity index is 1.63. The smallest absolute Gasteiger partial charge is 0.224 e. The number of rotatable bonds is 9. The quantitative estimate of drug-likeness (QED) is 0.631. The predicted molar refractivity (Wildman–Crippen MR) is 106 cm³/mol. The molecule has 0 aliphatic heterocycles. The van der Waals surface area contributed by atoms with Crippen molar-refractivity contribution in [3.63, 3.8) is 0 Å². The zero-order chi connectivity index (χ0) is 18.9. The number of aromatic nitrogens is 3. The summed E-state index contributed by atoms with van der Waals surface area (Å²) in [5, 5.41) is 7.30. The second-order valence-electron chi connectivity index (χ2n) is 6.75. The maximum atomic E-state index is 12.6. The van der Waals surface area contributed by atoms with Gasteiger partial charge >= 0.3 is 0 Å². The van der Waals surface area contributed by atoms with Gasteiger partial charge in [-0.3, -0.25) is 9.48 Å². The molecule has 0 aliphatic carbocycles. The van der Waals surface area contributed by atoms with Crippen LogP contribution in [0.1, 0.15) is 42.5 Å². The van der Waals surface area contributed by atoms with Gasteiger partial charge in [0.05, 0.1) is 19.0 Å². The second kappa shape index (κ2) is 9.67. The van der Waals surface area contributed by atoms with E-state index >= 15 is 0 Å². The summed E-state index contributed by atoms with van der Waals surface area (Å²) in [6, 6.07) is 18.2. The molecule has 5 nitrogen and oxygen atoms in total. The first kappa shape index (κ1) is 18.8. The molecule has 0 radical (unpaired) electrons. The average Bonchev–Trinajstić information content (AvgIpc) is 3.21. The molecule has 0 aliphatic rings. The van der Waals surface area contributed by atoms with Crippen LogP contribution in [0.5, 0.6) is 0 Å². The minimum Gasteiger partial charge on any atom is -0.347 e. The highest BCUT2D eigenvalue weighted by Gasteiger charge is 2.16. The summed E-state index contributed by atoms with van der Waals surface area (Å²) in [6.45, 7) is 2.74. The molecule has 2 aromatic carbocycles. The molecule has 1 aromatic heterocycles. The van der Waals surface area contributed by atoms with E-state index in [2.05, 4.69) is 46.6 Å². The molecule has 0 spiro atoms. The predicted octanol–water partition coefficient (Wildman–Crippen LogP) is 3.72. The van der Waals surface area contributed by atoms with Gasteiger partial charge in [0.15, 0.2) is 0 Å². The van der Waals surface area contributed by atoms with Gasteiger partial charge in [0.2, 0.25) is 5.91 Å². The van der Waals surface area contributed by atoms with Crippen LogP contribution in [0.2, 0.25) is 0 Å². The summed E-state index contributed by atoms with van der Waals surface area (Å²) >= 11 is 0. The van der Waals surface area contributed by atoms with Crippen LogP contribution < -0.4 is 5.32 Å². The van der Waals surface area contributed by atoms with Gasteiger partial charge in [0.1, 0.15) is 12.7 Å². The van der Waals surface area contributed by atoms with Crippen molar-refractivity contribution >= 4 is 5.91 Å². The van der Waals surface area contributed by atoms with Gasteiger partial charge in [0.25, 0.3) is 0 Å². The first-order valence-corrected chi connectivity index (χ1v) is 9.49. The molecule has 0 fully saturated rings. The monoisotopic (exact) mass is 362 g/mol. The van der Waals surface area contributed by atoms with Crippen LogP contribution in [-0.4, -0.2) is 20.7 Å². The summed E-state index contributed by atoms with van der Waals surface area (Å²) in [5.41, 5.74) is 3.41. The Morgan fingerprint density at radius 3 is 2.48 bits per heavy atom. The fourth-order valence-electron chi connectivity index (χ4n) is 3.07. The third kappa shape index (κ3) is 5.78. The molecule has 0 bridgehead atoms. The van der Waals surface area contributed by atoms with Crippen molar-refractivity contribution in [1.29, 1.82) is 0 Å². The van der Waals surface area contributed by atoms with Crippen LogP contribution in [0.3, 0.4) is 0 Å². The van der Waals surface area contributed by atoms with Gasteiger partial charge in [-0.05, 0) is 29.5 Å². The van der Waals surface area contributed by atoms with Gasteiger partial charge in [-0.15, -0.1) is 0 Å². The van der Waals surface area contributed by atoms with Gasteiger partial charge in [-0.2, -0.15) is 5.10 Å². The highest BCUT2D eigenvalue weighted by molar-refractivity contribution is 5.79. The summed E-state index contributed by atoms with van der Waals surface area (Å²) in [6.07, 6.45) is 7.02. The maximum Gasteiger partial charge on any atom is 0.224 e. The zero-order valence-corrected chi connectivity index (χ0v) is 15.7. The van der Waals surface area contributed by atoms with Gasteiger partial charge in [0, 0.05) is 0 Å². The maximum absolute atomic E-state index is 12.6. The number of benzene rings is 2. The van der Waals surface area contributed by atoms with E-state index in [1.54, 1.807) is 11.0 Å². The fraction of sp³-hybridized carbons (Fsp3) is 0.318. The van der Waals surface area contributed by atoms with Crippen molar-refractivity contribution in [2.24, 2.45) is 0 Å². The molecule has 3 rings (SSSR count). The van der Waals surface area contributed by atoms with Crippen LogP contribution in [0.25, 0.3) is 0 Å². The van der Waals surface area contributed by atoms with E-state index in [1.807, 2.05) is 30.3 Å². The highest BCUT2D eigenvalue weighted by Crippen LogP contribution is 2.15. The fourth-order valence-corrected chi connectivity index (χ4v) is 3.07. The van der Waals surface area contributed by atoms with Crippen LogP contribution in [0.4, 0.5) is 0 Å². The van der Waals surface area contributed by atoms with E-state index < -0.39 is 0 Å². The Bertz CT molecular complexity index is 813. The molecule has 1 heterocycles. The molecule has 1 atom stereocenters. The number of nitrogens with zero attached hydrogens (tertiary/aromatic N) is 3. The Morgan fingerprint density at radius 1 is 1.07 bits per heavy atom. The van der Waals surface area contributed by atoms with Crippen LogP contribution in [0, 0.1) is 0 Å². The van der Waals surface area contributed by atoms with Crippen molar-refractivity contribution in [2.75, 3.05) is 0 Å². The third-order valence-corrected chi connectivity index (χ3v) is 4.58. The minimum absolute atomic E-state index is 0.00489. The standard InChI is InChI=1S/C22H26N4O/c1-2-3-7-18-10-12-19(13-11-18)14-22(27)25-21(15-26-17-23-16-24-26)20-8-5-4-6-9-20/h4-6,8-13,16-17,21H,2-3,7,14-15H2,1H3,(H,25,27). The second-order valence-corrected chi connectivity index (χ2v) is 6.75. The highest BCUT2D eigenvalue weighted by atomic mass is 16.1. The number of aryl methyl sites for hydroxylation is 1. The normalized spacial score (nSPS) is 11.9. The molecule has 27 heavy (non-hydrogen) atoms. The van der Waals surface area contributed by atoms with E-state index in [0.29, 0.717) is 13.0 Å². The summed E-state index contributed by atoms with van der Waals surface area (Å²) in [4.78, 5) is 16.6. The molecule has 1 N–H and O–H groups in total. The van der Waals surface area contributed by atoms with E-state index in [4.69, 9.17) is 0 Å². The van der Waals surface area contributed by atoms with Crippen molar-refractivity contribution in [1.82, 2.24) is 20.1 Å². The first-order valence-electron chi connectivity index (χ1n) is 9.49. The summed E-state index contributed by atoms with van der Waals surface area (Å²) < 4.78 is 1.74. The Labute approximate surface area is 160 Å². The molecular weight excluding hydrogens is 336 g/mol. The SMILES string of the molecule is CCCCc1ccc(CC(=O)NC(Cn2cncn2)c2ccccc2)cc1.